The average Bonchev–Trinajstić information content (AvgIpc) is 2.85. The summed E-state index contributed by atoms with van der Waals surface area (Å²) in [7, 11) is 0. The first-order valence-electron chi connectivity index (χ1n) is 5.52. The van der Waals surface area contributed by atoms with Crippen molar-refractivity contribution in [3.05, 3.63) is 57.5 Å². The Bertz CT molecular complexity index is 617. The quantitative estimate of drug-likeness (QED) is 0.469. The first-order valence-corrected chi connectivity index (χ1v) is 5.52. The Hall–Kier alpha value is -2.63. The van der Waals surface area contributed by atoms with Crippen LogP contribution in [0.4, 0.5) is 5.69 Å². The number of aryl methyl sites for hydroxylation is 1. The SMILES string of the molecule is Cc1ccc(OCc2ccc(C=O)o2)c([N+](=O)[O-])c1. The maximum atomic E-state index is 10.9. The number of hydrogen-bond acceptors (Lipinski definition) is 5. The molecule has 98 valence electrons. The summed E-state index contributed by atoms with van der Waals surface area (Å²) in [4.78, 5) is 20.8. The molecule has 0 N–H and O–H groups in total. The lowest BCUT2D eigenvalue weighted by Gasteiger charge is -2.05. The Morgan fingerprint density at radius 2 is 2.16 bits per heavy atom. The molecule has 0 aliphatic carbocycles. The van der Waals surface area contributed by atoms with Crippen molar-refractivity contribution in [1.82, 2.24) is 0 Å². The van der Waals surface area contributed by atoms with Crippen LogP contribution in [-0.2, 0) is 6.61 Å². The van der Waals surface area contributed by atoms with Crippen LogP contribution in [0.1, 0.15) is 21.9 Å². The van der Waals surface area contributed by atoms with E-state index < -0.39 is 4.92 Å². The van der Waals surface area contributed by atoms with Crippen LogP contribution >= 0.6 is 0 Å². The van der Waals surface area contributed by atoms with Gasteiger partial charge in [0.15, 0.2) is 17.8 Å². The highest BCUT2D eigenvalue weighted by molar-refractivity contribution is 5.70. The highest BCUT2D eigenvalue weighted by Crippen LogP contribution is 2.28. The minimum Gasteiger partial charge on any atom is -0.479 e. The molecule has 0 saturated carbocycles. The monoisotopic (exact) mass is 261 g/mol. The van der Waals surface area contributed by atoms with E-state index in [9.17, 15) is 14.9 Å². The molecule has 0 spiro atoms. The van der Waals surface area contributed by atoms with Gasteiger partial charge in [-0.2, -0.15) is 0 Å². The molecule has 0 aliphatic rings. The molecule has 0 atom stereocenters. The average molecular weight is 261 g/mol. The zero-order chi connectivity index (χ0) is 13.8. The first kappa shape index (κ1) is 12.8. The van der Waals surface area contributed by atoms with Crippen molar-refractivity contribution in [2.75, 3.05) is 0 Å². The summed E-state index contributed by atoms with van der Waals surface area (Å²) in [5, 5.41) is 10.9. The summed E-state index contributed by atoms with van der Waals surface area (Å²) in [5.74, 6) is 0.786. The number of rotatable bonds is 5. The molecule has 0 unspecified atom stereocenters. The molecule has 0 bridgehead atoms. The molecule has 6 heteroatoms. The lowest BCUT2D eigenvalue weighted by molar-refractivity contribution is -0.386. The molecule has 0 aliphatic heterocycles. The highest BCUT2D eigenvalue weighted by Gasteiger charge is 2.15. The van der Waals surface area contributed by atoms with E-state index in [0.717, 1.165) is 5.56 Å². The molecule has 2 aromatic rings. The molecule has 0 amide bonds. The number of nitro groups is 1. The minimum absolute atomic E-state index is 0.0255. The molecule has 6 nitrogen and oxygen atoms in total. The number of hydrogen-bond donors (Lipinski definition) is 0. The second-order valence-corrected chi connectivity index (χ2v) is 3.94. The van der Waals surface area contributed by atoms with E-state index in [4.69, 9.17) is 9.15 Å². The second-order valence-electron chi connectivity index (χ2n) is 3.94. The van der Waals surface area contributed by atoms with Gasteiger partial charge < -0.3 is 9.15 Å². The standard InChI is InChI=1S/C13H11NO5/c1-9-2-5-13(12(6-9)14(16)17)18-8-11-4-3-10(7-15)19-11/h2-7H,8H2,1H3. The molecule has 2 rings (SSSR count). The molecule has 1 heterocycles. The fourth-order valence-corrected chi connectivity index (χ4v) is 1.58. The van der Waals surface area contributed by atoms with Gasteiger partial charge >= 0.3 is 5.69 Å². The Kier molecular flexibility index (Phi) is 3.61. The molecule has 1 aromatic carbocycles. The van der Waals surface area contributed by atoms with Crippen LogP contribution in [0.15, 0.2) is 34.7 Å². The lowest BCUT2D eigenvalue weighted by Crippen LogP contribution is -1.98. The summed E-state index contributed by atoms with van der Waals surface area (Å²) in [6, 6.07) is 7.80. The van der Waals surface area contributed by atoms with Crippen molar-refractivity contribution < 1.29 is 18.9 Å². The number of nitrogens with zero attached hydrogens (tertiary/aromatic N) is 1. The van der Waals surface area contributed by atoms with Crippen LogP contribution < -0.4 is 4.74 Å². The van der Waals surface area contributed by atoms with Gasteiger partial charge in [0.2, 0.25) is 0 Å². The maximum absolute atomic E-state index is 10.9. The number of aldehydes is 1. The zero-order valence-electron chi connectivity index (χ0n) is 10.2. The van der Waals surface area contributed by atoms with Gasteiger partial charge in [0.25, 0.3) is 0 Å². The van der Waals surface area contributed by atoms with Crippen LogP contribution in [-0.4, -0.2) is 11.2 Å². The van der Waals surface area contributed by atoms with E-state index >= 15 is 0 Å². The second kappa shape index (κ2) is 5.34. The molecular weight excluding hydrogens is 250 g/mol. The molecule has 0 saturated heterocycles. The predicted molar refractivity (Wildman–Crippen MR) is 66.3 cm³/mol. The number of furan rings is 1. The zero-order valence-corrected chi connectivity index (χ0v) is 10.2. The molecular formula is C13H11NO5. The van der Waals surface area contributed by atoms with Crippen LogP contribution in [0.3, 0.4) is 0 Å². The van der Waals surface area contributed by atoms with Crippen LogP contribution in [0.25, 0.3) is 0 Å². The molecule has 19 heavy (non-hydrogen) atoms. The van der Waals surface area contributed by atoms with Crippen LogP contribution in [0, 0.1) is 17.0 Å². The van der Waals surface area contributed by atoms with Gasteiger partial charge in [-0.05, 0) is 30.7 Å². The van der Waals surface area contributed by atoms with Gasteiger partial charge in [0.05, 0.1) is 4.92 Å². The van der Waals surface area contributed by atoms with E-state index in [1.54, 1.807) is 19.1 Å². The van der Waals surface area contributed by atoms with E-state index in [1.165, 1.54) is 18.2 Å². The fourth-order valence-electron chi connectivity index (χ4n) is 1.58. The Labute approximate surface area is 108 Å². The molecule has 0 fully saturated rings. The van der Waals surface area contributed by atoms with Crippen LogP contribution in [0.5, 0.6) is 5.75 Å². The predicted octanol–water partition coefficient (Wildman–Crippen LogP) is 2.89. The van der Waals surface area contributed by atoms with Crippen molar-refractivity contribution in [2.45, 2.75) is 13.5 Å². The van der Waals surface area contributed by atoms with Crippen molar-refractivity contribution in [2.24, 2.45) is 0 Å². The third-order valence-electron chi connectivity index (χ3n) is 2.48. The molecule has 0 radical (unpaired) electrons. The summed E-state index contributed by atoms with van der Waals surface area (Å²) in [6.07, 6.45) is 0.581. The Balaban J connectivity index is 2.14. The van der Waals surface area contributed by atoms with Gasteiger partial charge in [0.1, 0.15) is 12.4 Å². The Morgan fingerprint density at radius 3 is 2.79 bits per heavy atom. The largest absolute Gasteiger partial charge is 0.479 e. The van der Waals surface area contributed by atoms with E-state index in [-0.39, 0.29) is 23.8 Å². The number of carbonyl (C=O) groups is 1. The third-order valence-corrected chi connectivity index (χ3v) is 2.48. The van der Waals surface area contributed by atoms with Gasteiger partial charge in [-0.1, -0.05) is 6.07 Å². The highest BCUT2D eigenvalue weighted by atomic mass is 16.6. The van der Waals surface area contributed by atoms with Gasteiger partial charge in [0, 0.05) is 6.07 Å². The number of benzene rings is 1. The normalized spacial score (nSPS) is 10.2. The number of ether oxygens (including phenoxy) is 1. The van der Waals surface area contributed by atoms with Crippen LogP contribution in [0.2, 0.25) is 0 Å². The van der Waals surface area contributed by atoms with E-state index in [0.29, 0.717) is 12.0 Å². The number of carbonyl (C=O) groups excluding carboxylic acids is 1. The van der Waals surface area contributed by atoms with Crippen molar-refractivity contribution in [3.8, 4) is 5.75 Å². The third kappa shape index (κ3) is 2.98. The smallest absolute Gasteiger partial charge is 0.311 e. The van der Waals surface area contributed by atoms with Crippen molar-refractivity contribution in [1.29, 1.82) is 0 Å². The maximum Gasteiger partial charge on any atom is 0.311 e. The summed E-state index contributed by atoms with van der Waals surface area (Å²) in [6.45, 7) is 1.79. The summed E-state index contributed by atoms with van der Waals surface area (Å²) >= 11 is 0. The van der Waals surface area contributed by atoms with Crippen molar-refractivity contribution >= 4 is 12.0 Å². The lowest BCUT2D eigenvalue weighted by atomic mass is 10.2. The molecule has 1 aromatic heterocycles. The minimum atomic E-state index is -0.499. The topological polar surface area (TPSA) is 82.6 Å². The summed E-state index contributed by atoms with van der Waals surface area (Å²) < 4.78 is 10.5. The Morgan fingerprint density at radius 1 is 1.37 bits per heavy atom. The number of nitro benzene ring substituents is 1. The van der Waals surface area contributed by atoms with Gasteiger partial charge in [-0.25, -0.2) is 0 Å². The van der Waals surface area contributed by atoms with Gasteiger partial charge in [-0.15, -0.1) is 0 Å². The van der Waals surface area contributed by atoms with Gasteiger partial charge in [-0.3, -0.25) is 14.9 Å². The fraction of sp³-hybridized carbons (Fsp3) is 0.154. The van der Waals surface area contributed by atoms with E-state index in [2.05, 4.69) is 0 Å². The van der Waals surface area contributed by atoms with E-state index in [1.807, 2.05) is 0 Å². The first-order chi connectivity index (χ1) is 9.10. The summed E-state index contributed by atoms with van der Waals surface area (Å²) in [5.41, 5.74) is 0.683. The van der Waals surface area contributed by atoms with Crippen molar-refractivity contribution in [3.63, 3.8) is 0 Å².